The largest absolute Gasteiger partial charge is 0.487 e. The monoisotopic (exact) mass is 337 g/mol. The molecule has 19 heavy (non-hydrogen) atoms. The highest BCUT2D eigenvalue weighted by atomic mass is 79.9. The molecule has 0 bridgehead atoms. The molecule has 1 aromatic carbocycles. The van der Waals surface area contributed by atoms with Crippen molar-refractivity contribution in [2.45, 2.75) is 32.0 Å². The number of hydrogen-bond acceptors (Lipinski definition) is 3. The van der Waals surface area contributed by atoms with Crippen LogP contribution < -0.4 is 10.1 Å². The summed E-state index contributed by atoms with van der Waals surface area (Å²) < 4.78 is 7.02. The van der Waals surface area contributed by atoms with Crippen LogP contribution in [0.15, 0.2) is 40.2 Å². The summed E-state index contributed by atoms with van der Waals surface area (Å²) in [7, 11) is 0. The van der Waals surface area contributed by atoms with Crippen LogP contribution in [0.4, 0.5) is 0 Å². The summed E-state index contributed by atoms with van der Waals surface area (Å²) in [5.41, 5.74) is 1.22. The van der Waals surface area contributed by atoms with Gasteiger partial charge in [-0.05, 0) is 46.3 Å². The van der Waals surface area contributed by atoms with E-state index in [2.05, 4.69) is 50.9 Å². The van der Waals surface area contributed by atoms with E-state index < -0.39 is 0 Å². The maximum Gasteiger partial charge on any atom is 0.138 e. The molecule has 100 valence electrons. The van der Waals surface area contributed by atoms with Crippen molar-refractivity contribution >= 4 is 27.3 Å². The van der Waals surface area contributed by atoms with Crippen molar-refractivity contribution in [3.63, 3.8) is 0 Å². The van der Waals surface area contributed by atoms with E-state index in [0.717, 1.165) is 16.8 Å². The van der Waals surface area contributed by atoms with Crippen LogP contribution in [0.25, 0.3) is 0 Å². The quantitative estimate of drug-likeness (QED) is 0.846. The lowest BCUT2D eigenvalue weighted by Crippen LogP contribution is -2.16. The standard InChI is InChI=1S/C15H16BrNOS/c16-14-5-1-3-11(9-17-12-6-7-12)15(14)18-10-13-4-2-8-19-13/h1-5,8,12,17H,6-7,9-10H2. The van der Waals surface area contributed by atoms with Crippen molar-refractivity contribution in [3.8, 4) is 5.75 Å². The van der Waals surface area contributed by atoms with Crippen LogP contribution in [-0.4, -0.2) is 6.04 Å². The topological polar surface area (TPSA) is 21.3 Å². The van der Waals surface area contributed by atoms with Crippen LogP contribution in [-0.2, 0) is 13.2 Å². The number of rotatable bonds is 6. The van der Waals surface area contributed by atoms with Gasteiger partial charge in [0, 0.05) is 23.0 Å². The minimum absolute atomic E-state index is 0.636. The molecule has 1 aromatic heterocycles. The fraction of sp³-hybridized carbons (Fsp3) is 0.333. The van der Waals surface area contributed by atoms with Gasteiger partial charge in [0.2, 0.25) is 0 Å². The number of nitrogens with one attached hydrogen (secondary N) is 1. The highest BCUT2D eigenvalue weighted by molar-refractivity contribution is 9.10. The molecule has 1 saturated carbocycles. The molecule has 0 amide bonds. The van der Waals surface area contributed by atoms with Gasteiger partial charge in [-0.25, -0.2) is 0 Å². The van der Waals surface area contributed by atoms with Crippen LogP contribution in [0.3, 0.4) is 0 Å². The zero-order chi connectivity index (χ0) is 13.1. The predicted octanol–water partition coefficient (Wildman–Crippen LogP) is 4.34. The van der Waals surface area contributed by atoms with E-state index in [1.54, 1.807) is 11.3 Å². The molecular weight excluding hydrogens is 322 g/mol. The molecule has 0 spiro atoms. The summed E-state index contributed by atoms with van der Waals surface area (Å²) in [4.78, 5) is 1.25. The van der Waals surface area contributed by atoms with Gasteiger partial charge in [-0.15, -0.1) is 11.3 Å². The number of ether oxygens (including phenoxy) is 1. The summed E-state index contributed by atoms with van der Waals surface area (Å²) in [6, 6.07) is 11.1. The van der Waals surface area contributed by atoms with Crippen LogP contribution in [0.2, 0.25) is 0 Å². The SMILES string of the molecule is Brc1cccc(CNC2CC2)c1OCc1cccs1. The maximum atomic E-state index is 5.99. The van der Waals surface area contributed by atoms with Crippen molar-refractivity contribution in [3.05, 3.63) is 50.6 Å². The molecule has 0 radical (unpaired) electrons. The van der Waals surface area contributed by atoms with Gasteiger partial charge in [0.05, 0.1) is 4.47 Å². The molecule has 1 fully saturated rings. The van der Waals surface area contributed by atoms with Gasteiger partial charge in [0.15, 0.2) is 0 Å². The van der Waals surface area contributed by atoms with E-state index in [-0.39, 0.29) is 0 Å². The minimum atomic E-state index is 0.636. The molecule has 1 aliphatic rings. The van der Waals surface area contributed by atoms with Gasteiger partial charge in [-0.2, -0.15) is 0 Å². The third-order valence-corrected chi connectivity index (χ3v) is 4.62. The molecular formula is C15H16BrNOS. The molecule has 0 saturated heterocycles. The van der Waals surface area contributed by atoms with Crippen LogP contribution in [0.1, 0.15) is 23.3 Å². The van der Waals surface area contributed by atoms with E-state index in [1.807, 2.05) is 6.07 Å². The first-order valence-electron chi connectivity index (χ1n) is 6.49. The summed E-state index contributed by atoms with van der Waals surface area (Å²) in [5, 5.41) is 5.61. The lowest BCUT2D eigenvalue weighted by atomic mass is 10.2. The molecule has 1 N–H and O–H groups in total. The van der Waals surface area contributed by atoms with Gasteiger partial charge in [-0.3, -0.25) is 0 Å². The lowest BCUT2D eigenvalue weighted by molar-refractivity contribution is 0.303. The first-order valence-corrected chi connectivity index (χ1v) is 8.16. The molecule has 0 atom stereocenters. The van der Waals surface area contributed by atoms with Crippen molar-refractivity contribution in [2.75, 3.05) is 0 Å². The van der Waals surface area contributed by atoms with Crippen LogP contribution >= 0.6 is 27.3 Å². The number of halogens is 1. The van der Waals surface area contributed by atoms with Crippen molar-refractivity contribution in [2.24, 2.45) is 0 Å². The first-order chi connectivity index (χ1) is 9.33. The number of hydrogen-bond donors (Lipinski definition) is 1. The minimum Gasteiger partial charge on any atom is -0.487 e. The van der Waals surface area contributed by atoms with Gasteiger partial charge in [0.25, 0.3) is 0 Å². The second kappa shape index (κ2) is 6.07. The normalized spacial score (nSPS) is 14.6. The molecule has 2 nitrogen and oxygen atoms in total. The fourth-order valence-electron chi connectivity index (χ4n) is 1.93. The van der Waals surface area contributed by atoms with E-state index in [4.69, 9.17) is 4.74 Å². The first kappa shape index (κ1) is 13.2. The zero-order valence-corrected chi connectivity index (χ0v) is 13.0. The Morgan fingerprint density at radius 1 is 1.26 bits per heavy atom. The molecule has 2 aromatic rings. The maximum absolute atomic E-state index is 5.99. The second-order valence-corrected chi connectivity index (χ2v) is 6.64. The van der Waals surface area contributed by atoms with Crippen LogP contribution in [0, 0.1) is 0 Å². The molecule has 0 aliphatic heterocycles. The van der Waals surface area contributed by atoms with Crippen molar-refractivity contribution in [1.29, 1.82) is 0 Å². The Morgan fingerprint density at radius 3 is 2.89 bits per heavy atom. The molecule has 4 heteroatoms. The summed E-state index contributed by atoms with van der Waals surface area (Å²) in [6.07, 6.45) is 2.61. The van der Waals surface area contributed by atoms with Gasteiger partial charge in [-0.1, -0.05) is 18.2 Å². The van der Waals surface area contributed by atoms with E-state index >= 15 is 0 Å². The third kappa shape index (κ3) is 3.59. The number of thiophene rings is 1. The van der Waals surface area contributed by atoms with Crippen LogP contribution in [0.5, 0.6) is 5.75 Å². The fourth-order valence-corrected chi connectivity index (χ4v) is 3.07. The zero-order valence-electron chi connectivity index (χ0n) is 10.6. The summed E-state index contributed by atoms with van der Waals surface area (Å²) >= 11 is 5.31. The number of benzene rings is 1. The third-order valence-electron chi connectivity index (χ3n) is 3.15. The second-order valence-electron chi connectivity index (χ2n) is 4.75. The molecule has 1 heterocycles. The predicted molar refractivity (Wildman–Crippen MR) is 82.7 cm³/mol. The highest BCUT2D eigenvalue weighted by Gasteiger charge is 2.21. The molecule has 0 unspecified atom stereocenters. The summed E-state index contributed by atoms with van der Waals surface area (Å²) in [6.45, 7) is 1.51. The van der Waals surface area contributed by atoms with Gasteiger partial charge < -0.3 is 10.1 Å². The summed E-state index contributed by atoms with van der Waals surface area (Å²) in [5.74, 6) is 0.962. The average molecular weight is 338 g/mol. The average Bonchev–Trinajstić information content (AvgIpc) is 3.10. The lowest BCUT2D eigenvalue weighted by Gasteiger charge is -2.13. The Kier molecular flexibility index (Phi) is 4.21. The highest BCUT2D eigenvalue weighted by Crippen LogP contribution is 2.31. The molecule has 3 rings (SSSR count). The smallest absolute Gasteiger partial charge is 0.138 e. The Bertz CT molecular complexity index is 537. The number of para-hydroxylation sites is 1. The van der Waals surface area contributed by atoms with E-state index in [0.29, 0.717) is 12.6 Å². The van der Waals surface area contributed by atoms with Crippen molar-refractivity contribution in [1.82, 2.24) is 5.32 Å². The van der Waals surface area contributed by atoms with E-state index in [1.165, 1.54) is 23.3 Å². The Morgan fingerprint density at radius 2 is 2.16 bits per heavy atom. The Balaban J connectivity index is 1.69. The van der Waals surface area contributed by atoms with Gasteiger partial charge in [0.1, 0.15) is 12.4 Å². The van der Waals surface area contributed by atoms with Gasteiger partial charge >= 0.3 is 0 Å². The van der Waals surface area contributed by atoms with E-state index in [9.17, 15) is 0 Å². The Labute approximate surface area is 125 Å². The molecule has 1 aliphatic carbocycles. The Hall–Kier alpha value is -0.840. The van der Waals surface area contributed by atoms with Crippen molar-refractivity contribution < 1.29 is 4.74 Å².